The summed E-state index contributed by atoms with van der Waals surface area (Å²) < 4.78 is 0. The summed E-state index contributed by atoms with van der Waals surface area (Å²) in [5.74, 6) is 0. The van der Waals surface area contributed by atoms with E-state index in [1.54, 1.807) is 0 Å². The average Bonchev–Trinajstić information content (AvgIpc) is 2.78. The normalized spacial score (nSPS) is 15.5. The maximum Gasteiger partial charge on any atom is 0.104 e. The summed E-state index contributed by atoms with van der Waals surface area (Å²) in [5, 5.41) is 10.2. The summed E-state index contributed by atoms with van der Waals surface area (Å²) in [6.45, 7) is 2.06. The lowest BCUT2D eigenvalue weighted by molar-refractivity contribution is 0.575. The van der Waals surface area contributed by atoms with E-state index >= 15 is 0 Å². The molecule has 0 unspecified atom stereocenters. The molecule has 0 atom stereocenters. The van der Waals surface area contributed by atoms with E-state index in [0.29, 0.717) is 0 Å². The SMILES string of the molecule is N#Cc1c(-c2ccccc2)nc2c(c1N1CCCCC1)CCc1ccccc1-2. The summed E-state index contributed by atoms with van der Waals surface area (Å²) in [4.78, 5) is 7.55. The van der Waals surface area contributed by atoms with Gasteiger partial charge in [0.2, 0.25) is 0 Å². The van der Waals surface area contributed by atoms with E-state index in [4.69, 9.17) is 4.98 Å². The topological polar surface area (TPSA) is 39.9 Å². The van der Waals surface area contributed by atoms with Gasteiger partial charge in [0.1, 0.15) is 11.6 Å². The zero-order valence-electron chi connectivity index (χ0n) is 16.0. The number of hydrogen-bond acceptors (Lipinski definition) is 3. The van der Waals surface area contributed by atoms with Crippen molar-refractivity contribution in [3.05, 3.63) is 71.3 Å². The minimum absolute atomic E-state index is 0.742. The van der Waals surface area contributed by atoms with Crippen molar-refractivity contribution < 1.29 is 0 Å². The zero-order chi connectivity index (χ0) is 18.9. The minimum atomic E-state index is 0.742. The van der Waals surface area contributed by atoms with Gasteiger partial charge in [0.25, 0.3) is 0 Å². The molecule has 3 aromatic rings. The lowest BCUT2D eigenvalue weighted by Gasteiger charge is -2.34. The second-order valence-corrected chi connectivity index (χ2v) is 7.69. The lowest BCUT2D eigenvalue weighted by Crippen LogP contribution is -2.32. The number of nitriles is 1. The summed E-state index contributed by atoms with van der Waals surface area (Å²) in [6.07, 6.45) is 5.63. The molecule has 0 bridgehead atoms. The molecule has 0 amide bonds. The smallest absolute Gasteiger partial charge is 0.104 e. The van der Waals surface area contributed by atoms with Gasteiger partial charge in [0, 0.05) is 29.8 Å². The largest absolute Gasteiger partial charge is 0.370 e. The molecule has 0 radical (unpaired) electrons. The highest BCUT2D eigenvalue weighted by atomic mass is 15.1. The first kappa shape index (κ1) is 17.0. The predicted octanol–water partition coefficient (Wildman–Crippen LogP) is 5.38. The van der Waals surface area contributed by atoms with Crippen LogP contribution in [0.5, 0.6) is 0 Å². The van der Waals surface area contributed by atoms with Gasteiger partial charge in [0.15, 0.2) is 0 Å². The number of piperidine rings is 1. The Kier molecular flexibility index (Phi) is 4.33. The fourth-order valence-corrected chi connectivity index (χ4v) is 4.68. The summed E-state index contributed by atoms with van der Waals surface area (Å²) in [6, 6.07) is 21.3. The number of nitrogens with zero attached hydrogens (tertiary/aromatic N) is 3. The van der Waals surface area contributed by atoms with Crippen molar-refractivity contribution in [2.24, 2.45) is 0 Å². The van der Waals surface area contributed by atoms with Crippen molar-refractivity contribution in [2.45, 2.75) is 32.1 Å². The maximum absolute atomic E-state index is 10.2. The molecule has 1 aliphatic heterocycles. The molecular weight excluding hydrogens is 342 g/mol. The Balaban J connectivity index is 1.81. The van der Waals surface area contributed by atoms with Gasteiger partial charge in [0.05, 0.1) is 17.1 Å². The first-order chi connectivity index (χ1) is 13.9. The van der Waals surface area contributed by atoms with Crippen molar-refractivity contribution >= 4 is 5.69 Å². The highest BCUT2D eigenvalue weighted by Crippen LogP contribution is 2.43. The van der Waals surface area contributed by atoms with Crippen LogP contribution in [0.15, 0.2) is 54.6 Å². The van der Waals surface area contributed by atoms with E-state index in [0.717, 1.165) is 54.1 Å². The van der Waals surface area contributed by atoms with E-state index in [1.165, 1.54) is 36.0 Å². The molecular formula is C25H23N3. The molecule has 3 heteroatoms. The third kappa shape index (κ3) is 2.77. The van der Waals surface area contributed by atoms with Gasteiger partial charge in [-0.15, -0.1) is 0 Å². The van der Waals surface area contributed by atoms with Gasteiger partial charge in [-0.2, -0.15) is 5.26 Å². The standard InChI is InChI=1S/C25H23N3/c26-17-22-23(19-10-3-1-4-11-19)27-24-20-12-6-5-9-18(20)13-14-21(24)25(22)28-15-7-2-8-16-28/h1,3-6,9-12H,2,7-8,13-16H2. The average molecular weight is 365 g/mol. The van der Waals surface area contributed by atoms with Crippen LogP contribution < -0.4 is 4.90 Å². The Morgan fingerprint density at radius 2 is 1.57 bits per heavy atom. The van der Waals surface area contributed by atoms with Crippen LogP contribution in [0, 0.1) is 11.3 Å². The summed E-state index contributed by atoms with van der Waals surface area (Å²) in [7, 11) is 0. The van der Waals surface area contributed by atoms with E-state index in [2.05, 4.69) is 47.4 Å². The molecule has 0 N–H and O–H groups in total. The Morgan fingerprint density at radius 1 is 0.821 bits per heavy atom. The zero-order valence-corrected chi connectivity index (χ0v) is 16.0. The van der Waals surface area contributed by atoms with E-state index < -0.39 is 0 Å². The van der Waals surface area contributed by atoms with E-state index in [9.17, 15) is 5.26 Å². The van der Waals surface area contributed by atoms with Gasteiger partial charge in [-0.1, -0.05) is 54.6 Å². The fourth-order valence-electron chi connectivity index (χ4n) is 4.68. The Labute approximate surface area is 166 Å². The van der Waals surface area contributed by atoms with Crippen LogP contribution in [-0.4, -0.2) is 18.1 Å². The molecule has 1 fully saturated rings. The number of aromatic nitrogens is 1. The number of fused-ring (bicyclic) bond motifs is 3. The van der Waals surface area contributed by atoms with Gasteiger partial charge in [-0.25, -0.2) is 4.98 Å². The first-order valence-electron chi connectivity index (χ1n) is 10.2. The monoisotopic (exact) mass is 365 g/mol. The van der Waals surface area contributed by atoms with Gasteiger partial charge < -0.3 is 4.90 Å². The molecule has 1 saturated heterocycles. The Hall–Kier alpha value is -3.12. The molecule has 1 aliphatic carbocycles. The number of benzene rings is 2. The van der Waals surface area contributed by atoms with Crippen LogP contribution in [0.2, 0.25) is 0 Å². The molecule has 2 heterocycles. The highest BCUT2D eigenvalue weighted by Gasteiger charge is 2.28. The quantitative estimate of drug-likeness (QED) is 0.612. The lowest BCUT2D eigenvalue weighted by atomic mass is 9.85. The molecule has 3 nitrogen and oxygen atoms in total. The number of pyridine rings is 1. The van der Waals surface area contributed by atoms with Crippen LogP contribution in [0.25, 0.3) is 22.5 Å². The third-order valence-corrected chi connectivity index (χ3v) is 6.02. The van der Waals surface area contributed by atoms with Crippen LogP contribution in [0.1, 0.15) is 36.0 Å². The van der Waals surface area contributed by atoms with Gasteiger partial charge in [-0.3, -0.25) is 0 Å². The molecule has 5 rings (SSSR count). The van der Waals surface area contributed by atoms with Crippen LogP contribution in [0.4, 0.5) is 5.69 Å². The van der Waals surface area contributed by atoms with E-state index in [-0.39, 0.29) is 0 Å². The molecule has 0 spiro atoms. The van der Waals surface area contributed by atoms with Crippen molar-refractivity contribution in [1.29, 1.82) is 5.26 Å². The van der Waals surface area contributed by atoms with Crippen LogP contribution in [-0.2, 0) is 12.8 Å². The second-order valence-electron chi connectivity index (χ2n) is 7.69. The van der Waals surface area contributed by atoms with Crippen molar-refractivity contribution in [3.63, 3.8) is 0 Å². The highest BCUT2D eigenvalue weighted by molar-refractivity contribution is 5.85. The number of rotatable bonds is 2. The van der Waals surface area contributed by atoms with Crippen LogP contribution in [0.3, 0.4) is 0 Å². The summed E-state index contributed by atoms with van der Waals surface area (Å²) in [5.41, 5.74) is 8.63. The third-order valence-electron chi connectivity index (χ3n) is 6.02. The predicted molar refractivity (Wildman–Crippen MR) is 113 cm³/mol. The molecule has 28 heavy (non-hydrogen) atoms. The Bertz CT molecular complexity index is 1060. The number of aryl methyl sites for hydroxylation is 1. The Morgan fingerprint density at radius 3 is 2.36 bits per heavy atom. The molecule has 2 aliphatic rings. The molecule has 1 aromatic heterocycles. The molecule has 0 saturated carbocycles. The molecule has 2 aromatic carbocycles. The van der Waals surface area contributed by atoms with E-state index in [1.807, 2.05) is 18.2 Å². The minimum Gasteiger partial charge on any atom is -0.370 e. The first-order valence-corrected chi connectivity index (χ1v) is 10.2. The second kappa shape index (κ2) is 7.13. The van der Waals surface area contributed by atoms with Crippen LogP contribution >= 0.6 is 0 Å². The fraction of sp³-hybridized carbons (Fsp3) is 0.280. The summed E-state index contributed by atoms with van der Waals surface area (Å²) >= 11 is 0. The van der Waals surface area contributed by atoms with Crippen molar-refractivity contribution in [1.82, 2.24) is 4.98 Å². The maximum atomic E-state index is 10.2. The number of anilines is 1. The number of hydrogen-bond donors (Lipinski definition) is 0. The van der Waals surface area contributed by atoms with Crippen molar-refractivity contribution in [3.8, 4) is 28.6 Å². The van der Waals surface area contributed by atoms with Gasteiger partial charge in [-0.05, 0) is 37.7 Å². The van der Waals surface area contributed by atoms with Gasteiger partial charge >= 0.3 is 0 Å². The molecule has 138 valence electrons. The van der Waals surface area contributed by atoms with Crippen molar-refractivity contribution in [2.75, 3.05) is 18.0 Å².